The molecule has 1 amide bonds. The molecule has 0 bridgehead atoms. The summed E-state index contributed by atoms with van der Waals surface area (Å²) < 4.78 is 14.8. The molecular formula is C22H25N7O3. The van der Waals surface area contributed by atoms with Crippen molar-refractivity contribution in [3.8, 4) is 5.88 Å². The Hall–Kier alpha value is -3.53. The third-order valence-electron chi connectivity index (χ3n) is 5.30. The number of aryl methyl sites for hydroxylation is 1. The van der Waals surface area contributed by atoms with Gasteiger partial charge in [0.1, 0.15) is 11.3 Å². The van der Waals surface area contributed by atoms with E-state index >= 15 is 0 Å². The van der Waals surface area contributed by atoms with Crippen molar-refractivity contribution in [3.63, 3.8) is 0 Å². The van der Waals surface area contributed by atoms with Gasteiger partial charge in [0.05, 0.1) is 18.9 Å². The predicted molar refractivity (Wildman–Crippen MR) is 118 cm³/mol. The van der Waals surface area contributed by atoms with Crippen LogP contribution in [0.1, 0.15) is 36.2 Å². The number of ether oxygens (including phenoxy) is 2. The topological polar surface area (TPSA) is 108 Å². The number of amides is 1. The average Bonchev–Trinajstić information content (AvgIpc) is 3.47. The Balaban J connectivity index is 1.47. The number of anilines is 1. The zero-order chi connectivity index (χ0) is 22.2. The summed E-state index contributed by atoms with van der Waals surface area (Å²) in [5.41, 5.74) is 2.94. The number of nitrogens with zero attached hydrogens (tertiary/aromatic N) is 6. The minimum absolute atomic E-state index is 0.147. The predicted octanol–water partition coefficient (Wildman–Crippen LogP) is 2.86. The minimum atomic E-state index is -0.343. The van der Waals surface area contributed by atoms with Crippen LogP contribution in [0.15, 0.2) is 30.9 Å². The molecule has 0 aromatic carbocycles. The Kier molecular flexibility index (Phi) is 5.22. The highest BCUT2D eigenvalue weighted by Crippen LogP contribution is 2.25. The highest BCUT2D eigenvalue weighted by molar-refractivity contribution is 6.08. The van der Waals surface area contributed by atoms with Crippen LogP contribution in [0, 0.1) is 12.8 Å². The van der Waals surface area contributed by atoms with Gasteiger partial charge in [-0.1, -0.05) is 0 Å². The first-order valence-corrected chi connectivity index (χ1v) is 10.7. The molecule has 10 heteroatoms. The van der Waals surface area contributed by atoms with E-state index in [1.807, 2.05) is 37.8 Å². The quantitative estimate of drug-likeness (QED) is 0.496. The fourth-order valence-corrected chi connectivity index (χ4v) is 3.80. The number of fused-ring (bicyclic) bond motifs is 2. The maximum absolute atomic E-state index is 13.2. The molecule has 1 N–H and O–H groups in total. The number of pyridine rings is 1. The molecule has 0 spiro atoms. The number of rotatable bonds is 6. The summed E-state index contributed by atoms with van der Waals surface area (Å²) in [6, 6.07) is 1.77. The SMILES string of the molecule is Cc1cnc2c(NC(=O)c3cc4cn(C[C@@H]5CCOC5)nc4nc3OC(C)C)cnn2c1. The van der Waals surface area contributed by atoms with E-state index in [0.29, 0.717) is 28.5 Å². The summed E-state index contributed by atoms with van der Waals surface area (Å²) in [4.78, 5) is 22.1. The van der Waals surface area contributed by atoms with Crippen LogP contribution in [0.3, 0.4) is 0 Å². The van der Waals surface area contributed by atoms with E-state index in [1.165, 1.54) is 0 Å². The molecule has 4 aromatic rings. The van der Waals surface area contributed by atoms with Gasteiger partial charge in [0, 0.05) is 43.0 Å². The highest BCUT2D eigenvalue weighted by Gasteiger charge is 2.21. The lowest BCUT2D eigenvalue weighted by atomic mass is 10.1. The monoisotopic (exact) mass is 435 g/mol. The van der Waals surface area contributed by atoms with Crippen molar-refractivity contribution in [1.82, 2.24) is 29.4 Å². The molecule has 1 saturated heterocycles. The Labute approximate surface area is 184 Å². The van der Waals surface area contributed by atoms with E-state index in [9.17, 15) is 4.79 Å². The van der Waals surface area contributed by atoms with Gasteiger partial charge in [0.15, 0.2) is 11.3 Å². The first-order valence-electron chi connectivity index (χ1n) is 10.7. The van der Waals surface area contributed by atoms with Crippen LogP contribution in [0.5, 0.6) is 5.88 Å². The van der Waals surface area contributed by atoms with E-state index in [4.69, 9.17) is 9.47 Å². The minimum Gasteiger partial charge on any atom is -0.474 e. The standard InChI is InChI=1S/C22H25N7O3/c1-13(2)32-22-17(21(30)25-18-8-24-29-9-14(3)7-23-20(18)29)6-16-11-28(27-19(16)26-22)10-15-4-5-31-12-15/h6-9,11,13,15H,4-5,10,12H2,1-3H3,(H,25,30)/t15-/m0/s1. The van der Waals surface area contributed by atoms with E-state index < -0.39 is 0 Å². The molecule has 10 nitrogen and oxygen atoms in total. The Morgan fingerprint density at radius 1 is 1.34 bits per heavy atom. The first-order chi connectivity index (χ1) is 15.5. The molecule has 1 aliphatic rings. The van der Waals surface area contributed by atoms with Gasteiger partial charge in [-0.15, -0.1) is 0 Å². The molecule has 1 fully saturated rings. The third kappa shape index (κ3) is 4.01. The van der Waals surface area contributed by atoms with Crippen molar-refractivity contribution < 1.29 is 14.3 Å². The largest absolute Gasteiger partial charge is 0.474 e. The number of carbonyl (C=O) groups is 1. The van der Waals surface area contributed by atoms with Gasteiger partial charge in [-0.3, -0.25) is 9.48 Å². The third-order valence-corrected chi connectivity index (χ3v) is 5.30. The van der Waals surface area contributed by atoms with Crippen LogP contribution in [-0.4, -0.2) is 54.6 Å². The average molecular weight is 435 g/mol. The summed E-state index contributed by atoms with van der Waals surface area (Å²) in [6.07, 6.45) is 7.95. The van der Waals surface area contributed by atoms with Gasteiger partial charge in [-0.25, -0.2) is 9.50 Å². The van der Waals surface area contributed by atoms with Gasteiger partial charge < -0.3 is 14.8 Å². The van der Waals surface area contributed by atoms with Gasteiger partial charge in [0.2, 0.25) is 5.88 Å². The van der Waals surface area contributed by atoms with E-state index in [0.717, 1.165) is 37.1 Å². The second kappa shape index (κ2) is 8.19. The Morgan fingerprint density at radius 3 is 3.00 bits per heavy atom. The smallest absolute Gasteiger partial charge is 0.261 e. The number of hydrogen-bond donors (Lipinski definition) is 1. The van der Waals surface area contributed by atoms with Crippen molar-refractivity contribution in [2.75, 3.05) is 18.5 Å². The Morgan fingerprint density at radius 2 is 2.22 bits per heavy atom. The lowest BCUT2D eigenvalue weighted by Crippen LogP contribution is -2.17. The van der Waals surface area contributed by atoms with E-state index in [1.54, 1.807) is 23.0 Å². The maximum Gasteiger partial charge on any atom is 0.261 e. The van der Waals surface area contributed by atoms with Gasteiger partial charge >= 0.3 is 0 Å². The number of aromatic nitrogens is 6. The highest BCUT2D eigenvalue weighted by atomic mass is 16.5. The molecule has 0 unspecified atom stereocenters. The molecule has 32 heavy (non-hydrogen) atoms. The summed E-state index contributed by atoms with van der Waals surface area (Å²) in [6.45, 7) is 8.01. The number of nitrogens with one attached hydrogen (secondary N) is 1. The fraction of sp³-hybridized carbons (Fsp3) is 0.409. The fourth-order valence-electron chi connectivity index (χ4n) is 3.80. The second-order valence-electron chi connectivity index (χ2n) is 8.41. The van der Waals surface area contributed by atoms with Gasteiger partial charge in [0.25, 0.3) is 5.91 Å². The second-order valence-corrected chi connectivity index (χ2v) is 8.41. The molecule has 0 aliphatic carbocycles. The zero-order valence-corrected chi connectivity index (χ0v) is 18.3. The number of hydrogen-bond acceptors (Lipinski definition) is 7. The molecule has 0 radical (unpaired) electrons. The lowest BCUT2D eigenvalue weighted by molar-refractivity contribution is 0.102. The van der Waals surface area contributed by atoms with Crippen LogP contribution >= 0.6 is 0 Å². The van der Waals surface area contributed by atoms with Crippen LogP contribution < -0.4 is 10.1 Å². The van der Waals surface area contributed by atoms with Crippen LogP contribution in [-0.2, 0) is 11.3 Å². The van der Waals surface area contributed by atoms with Crippen molar-refractivity contribution in [1.29, 1.82) is 0 Å². The molecular weight excluding hydrogens is 410 g/mol. The summed E-state index contributed by atoms with van der Waals surface area (Å²) >= 11 is 0. The van der Waals surface area contributed by atoms with Crippen LogP contribution in [0.4, 0.5) is 5.69 Å². The first kappa shape index (κ1) is 20.4. The van der Waals surface area contributed by atoms with Crippen molar-refractivity contribution in [2.24, 2.45) is 5.92 Å². The summed E-state index contributed by atoms with van der Waals surface area (Å²) in [5, 5.41) is 12.5. The normalized spacial score (nSPS) is 16.3. The summed E-state index contributed by atoms with van der Waals surface area (Å²) in [7, 11) is 0. The van der Waals surface area contributed by atoms with Gasteiger partial charge in [-0.05, 0) is 38.8 Å². The molecule has 0 saturated carbocycles. The maximum atomic E-state index is 13.2. The molecule has 5 heterocycles. The molecule has 166 valence electrons. The Bertz CT molecular complexity index is 1290. The van der Waals surface area contributed by atoms with Crippen LogP contribution in [0.2, 0.25) is 0 Å². The zero-order valence-electron chi connectivity index (χ0n) is 18.3. The van der Waals surface area contributed by atoms with Gasteiger partial charge in [-0.2, -0.15) is 15.2 Å². The van der Waals surface area contributed by atoms with Crippen molar-refractivity contribution in [2.45, 2.75) is 39.8 Å². The molecule has 5 rings (SSSR count). The number of carbonyl (C=O) groups excluding carboxylic acids is 1. The summed E-state index contributed by atoms with van der Waals surface area (Å²) in [5.74, 6) is 0.342. The molecule has 1 aliphatic heterocycles. The van der Waals surface area contributed by atoms with E-state index in [-0.39, 0.29) is 17.9 Å². The van der Waals surface area contributed by atoms with Crippen molar-refractivity contribution >= 4 is 28.3 Å². The lowest BCUT2D eigenvalue weighted by Gasteiger charge is -2.12. The molecule has 1 atom stereocenters. The van der Waals surface area contributed by atoms with E-state index in [2.05, 4.69) is 25.5 Å². The van der Waals surface area contributed by atoms with Crippen LogP contribution in [0.25, 0.3) is 16.7 Å². The molecule has 4 aromatic heterocycles. The van der Waals surface area contributed by atoms with Crippen molar-refractivity contribution in [3.05, 3.63) is 42.0 Å².